The minimum absolute atomic E-state index is 0.306. The summed E-state index contributed by atoms with van der Waals surface area (Å²) in [4.78, 5) is 12.1. The Morgan fingerprint density at radius 2 is 1.74 bits per heavy atom. The van der Waals surface area contributed by atoms with Crippen LogP contribution in [0.4, 0.5) is 10.5 Å². The van der Waals surface area contributed by atoms with E-state index < -0.39 is 0 Å². The van der Waals surface area contributed by atoms with Crippen LogP contribution in [0.1, 0.15) is 30.9 Å². The van der Waals surface area contributed by atoms with Gasteiger partial charge in [0.05, 0.1) is 20.8 Å². The van der Waals surface area contributed by atoms with Gasteiger partial charge in [-0.15, -0.1) is 0 Å². The molecule has 6 heteroatoms. The molecule has 27 heavy (non-hydrogen) atoms. The van der Waals surface area contributed by atoms with Crippen molar-refractivity contribution in [1.29, 1.82) is 0 Å². The number of hydrogen-bond acceptors (Lipinski definition) is 4. The number of rotatable bonds is 8. The summed E-state index contributed by atoms with van der Waals surface area (Å²) in [5, 5.41) is 5.55. The van der Waals surface area contributed by atoms with Crippen LogP contribution in [-0.4, -0.2) is 33.4 Å². The molecule has 2 N–H and O–H groups in total. The lowest BCUT2D eigenvalue weighted by atomic mass is 10.0. The Morgan fingerprint density at radius 3 is 2.41 bits per heavy atom. The van der Waals surface area contributed by atoms with Crippen LogP contribution in [0.3, 0.4) is 0 Å². The van der Waals surface area contributed by atoms with Gasteiger partial charge in [-0.1, -0.05) is 26.0 Å². The van der Waals surface area contributed by atoms with E-state index >= 15 is 0 Å². The van der Waals surface area contributed by atoms with E-state index in [1.54, 1.807) is 32.4 Å². The summed E-state index contributed by atoms with van der Waals surface area (Å²) >= 11 is 0. The lowest BCUT2D eigenvalue weighted by Crippen LogP contribution is -2.32. The van der Waals surface area contributed by atoms with Gasteiger partial charge in [0.25, 0.3) is 0 Å². The number of amides is 2. The summed E-state index contributed by atoms with van der Waals surface area (Å²) in [6, 6.07) is 11.1. The molecule has 0 radical (unpaired) electrons. The number of methoxy groups -OCH3 is 2. The lowest BCUT2D eigenvalue weighted by molar-refractivity contribution is 0.247. The average molecular weight is 372 g/mol. The molecule has 0 aliphatic rings. The molecule has 0 bridgehead atoms. The van der Waals surface area contributed by atoms with Crippen molar-refractivity contribution in [2.45, 2.75) is 26.7 Å². The van der Waals surface area contributed by atoms with E-state index in [0.29, 0.717) is 36.3 Å². The highest BCUT2D eigenvalue weighted by atomic mass is 16.5. The molecule has 2 amide bonds. The van der Waals surface area contributed by atoms with Crippen LogP contribution in [0.5, 0.6) is 17.2 Å². The van der Waals surface area contributed by atoms with Gasteiger partial charge in [-0.3, -0.25) is 0 Å². The monoisotopic (exact) mass is 372 g/mol. The predicted molar refractivity (Wildman–Crippen MR) is 107 cm³/mol. The fourth-order valence-electron chi connectivity index (χ4n) is 2.66. The molecule has 0 heterocycles. The van der Waals surface area contributed by atoms with Crippen molar-refractivity contribution < 1.29 is 19.0 Å². The Labute approximate surface area is 160 Å². The van der Waals surface area contributed by atoms with Crippen molar-refractivity contribution in [3.05, 3.63) is 47.5 Å². The molecule has 2 rings (SSSR count). The highest BCUT2D eigenvalue weighted by Crippen LogP contribution is 2.29. The van der Waals surface area contributed by atoms with E-state index in [2.05, 4.69) is 36.6 Å². The van der Waals surface area contributed by atoms with Gasteiger partial charge in [0.15, 0.2) is 11.5 Å². The van der Waals surface area contributed by atoms with Crippen LogP contribution in [0.25, 0.3) is 0 Å². The van der Waals surface area contributed by atoms with Gasteiger partial charge in [0.2, 0.25) is 0 Å². The van der Waals surface area contributed by atoms with Gasteiger partial charge in [0.1, 0.15) is 12.4 Å². The quantitative estimate of drug-likeness (QED) is 0.677. The molecular weight excluding hydrogens is 344 g/mol. The van der Waals surface area contributed by atoms with E-state index in [1.165, 1.54) is 0 Å². The summed E-state index contributed by atoms with van der Waals surface area (Å²) < 4.78 is 16.3. The molecule has 0 aromatic heterocycles. The third kappa shape index (κ3) is 5.81. The lowest BCUT2D eigenvalue weighted by Gasteiger charge is -2.15. The smallest absolute Gasteiger partial charge is 0.319 e. The first kappa shape index (κ1) is 20.4. The van der Waals surface area contributed by atoms with Crippen molar-refractivity contribution in [3.8, 4) is 17.2 Å². The summed E-state index contributed by atoms with van der Waals surface area (Å²) in [5.41, 5.74) is 2.93. The first-order valence-corrected chi connectivity index (χ1v) is 8.94. The maximum atomic E-state index is 12.1. The summed E-state index contributed by atoms with van der Waals surface area (Å²) in [6.07, 6.45) is 0. The predicted octanol–water partition coefficient (Wildman–Crippen LogP) is 4.34. The second kappa shape index (κ2) is 9.71. The number of hydrogen-bond donors (Lipinski definition) is 2. The zero-order valence-corrected chi connectivity index (χ0v) is 16.6. The van der Waals surface area contributed by atoms with Crippen molar-refractivity contribution in [3.63, 3.8) is 0 Å². The second-order valence-corrected chi connectivity index (χ2v) is 6.50. The molecular formula is C21H28N2O4. The molecule has 0 unspecified atom stereocenters. The molecule has 0 atom stereocenters. The zero-order valence-electron chi connectivity index (χ0n) is 16.6. The fourth-order valence-corrected chi connectivity index (χ4v) is 2.66. The fraction of sp³-hybridized carbons (Fsp3) is 0.381. The Kier molecular flexibility index (Phi) is 7.34. The van der Waals surface area contributed by atoms with Crippen LogP contribution in [-0.2, 0) is 0 Å². The number of aryl methyl sites for hydroxylation is 1. The minimum Gasteiger partial charge on any atom is -0.493 e. The second-order valence-electron chi connectivity index (χ2n) is 6.50. The van der Waals surface area contributed by atoms with E-state index in [1.807, 2.05) is 13.0 Å². The number of nitrogens with one attached hydrogen (secondary N) is 2. The Hall–Kier alpha value is -2.89. The van der Waals surface area contributed by atoms with Crippen molar-refractivity contribution in [2.24, 2.45) is 0 Å². The molecule has 0 saturated carbocycles. The van der Waals surface area contributed by atoms with E-state index in [4.69, 9.17) is 14.2 Å². The zero-order chi connectivity index (χ0) is 19.8. The molecule has 0 saturated heterocycles. The van der Waals surface area contributed by atoms with Gasteiger partial charge < -0.3 is 24.8 Å². The maximum absolute atomic E-state index is 12.1. The molecule has 0 aliphatic carbocycles. The van der Waals surface area contributed by atoms with Crippen molar-refractivity contribution in [1.82, 2.24) is 5.32 Å². The molecule has 0 fully saturated rings. The topological polar surface area (TPSA) is 68.8 Å². The SMILES string of the molecule is COc1ccc(NC(=O)NCCOc2cc(C)ccc2C(C)C)cc1OC. The molecule has 2 aromatic rings. The summed E-state index contributed by atoms with van der Waals surface area (Å²) in [7, 11) is 3.12. The van der Waals surface area contributed by atoms with Crippen LogP contribution < -0.4 is 24.8 Å². The van der Waals surface area contributed by atoms with Crippen molar-refractivity contribution >= 4 is 11.7 Å². The highest BCUT2D eigenvalue weighted by molar-refractivity contribution is 5.89. The minimum atomic E-state index is -0.306. The van der Waals surface area contributed by atoms with Gasteiger partial charge >= 0.3 is 6.03 Å². The third-order valence-corrected chi connectivity index (χ3v) is 4.08. The van der Waals surface area contributed by atoms with Gasteiger partial charge in [-0.05, 0) is 42.2 Å². The normalized spacial score (nSPS) is 10.4. The van der Waals surface area contributed by atoms with Gasteiger partial charge in [-0.25, -0.2) is 4.79 Å². The van der Waals surface area contributed by atoms with Gasteiger partial charge in [-0.2, -0.15) is 0 Å². The van der Waals surface area contributed by atoms with Crippen LogP contribution in [0, 0.1) is 6.92 Å². The molecule has 0 spiro atoms. The largest absolute Gasteiger partial charge is 0.493 e. The van der Waals surface area contributed by atoms with Crippen molar-refractivity contribution in [2.75, 3.05) is 32.7 Å². The van der Waals surface area contributed by atoms with E-state index in [-0.39, 0.29) is 6.03 Å². The highest BCUT2D eigenvalue weighted by Gasteiger charge is 2.09. The first-order valence-electron chi connectivity index (χ1n) is 8.94. The van der Waals surface area contributed by atoms with Gasteiger partial charge in [0, 0.05) is 11.8 Å². The molecule has 146 valence electrons. The number of ether oxygens (including phenoxy) is 3. The number of anilines is 1. The van der Waals surface area contributed by atoms with E-state index in [0.717, 1.165) is 16.9 Å². The Bertz CT molecular complexity index is 775. The molecule has 0 aliphatic heterocycles. The number of benzene rings is 2. The third-order valence-electron chi connectivity index (χ3n) is 4.08. The Balaban J connectivity index is 1.84. The number of carbonyl (C=O) groups is 1. The Morgan fingerprint density at radius 1 is 1.00 bits per heavy atom. The van der Waals surface area contributed by atoms with E-state index in [9.17, 15) is 4.79 Å². The maximum Gasteiger partial charge on any atom is 0.319 e. The van der Waals surface area contributed by atoms with Crippen LogP contribution in [0.2, 0.25) is 0 Å². The van der Waals surface area contributed by atoms with Crippen LogP contribution in [0.15, 0.2) is 36.4 Å². The standard InChI is InChI=1S/C21H28N2O4/c1-14(2)17-8-6-15(3)12-19(17)27-11-10-22-21(24)23-16-7-9-18(25-4)20(13-16)26-5/h6-9,12-14H,10-11H2,1-5H3,(H2,22,23,24). The number of carbonyl (C=O) groups excluding carboxylic acids is 1. The summed E-state index contributed by atoms with van der Waals surface area (Å²) in [5.74, 6) is 2.41. The first-order chi connectivity index (χ1) is 12.9. The average Bonchev–Trinajstić information content (AvgIpc) is 2.65. The molecule has 2 aromatic carbocycles. The van der Waals surface area contributed by atoms with Crippen LogP contribution >= 0.6 is 0 Å². The number of urea groups is 1. The molecule has 6 nitrogen and oxygen atoms in total. The summed E-state index contributed by atoms with van der Waals surface area (Å²) in [6.45, 7) is 7.08.